The van der Waals surface area contributed by atoms with Gasteiger partial charge in [-0.05, 0) is 67.0 Å². The molecule has 218 valence electrons. The Morgan fingerprint density at radius 3 is 2.59 bits per heavy atom. The number of alkyl halides is 3. The third-order valence-electron chi connectivity index (χ3n) is 8.15. The molecule has 2 fully saturated rings. The van der Waals surface area contributed by atoms with Crippen molar-refractivity contribution < 1.29 is 39.9 Å². The Labute approximate surface area is 234 Å². The molecule has 2 bridgehead atoms. The van der Waals surface area contributed by atoms with Crippen molar-refractivity contribution in [2.75, 3.05) is 16.3 Å². The number of amides is 1. The van der Waals surface area contributed by atoms with Gasteiger partial charge in [0.25, 0.3) is 15.9 Å². The van der Waals surface area contributed by atoms with Crippen molar-refractivity contribution in [3.63, 3.8) is 0 Å². The Kier molecular flexibility index (Phi) is 6.19. The predicted octanol–water partition coefficient (Wildman–Crippen LogP) is 3.86. The quantitative estimate of drug-likeness (QED) is 0.466. The van der Waals surface area contributed by atoms with Crippen LogP contribution in [0.25, 0.3) is 0 Å². The first-order valence-electron chi connectivity index (χ1n) is 12.8. The van der Waals surface area contributed by atoms with Crippen molar-refractivity contribution >= 4 is 43.2 Å². The normalized spacial score (nSPS) is 26.8. The first-order valence-corrected chi connectivity index (χ1v) is 16.1. The van der Waals surface area contributed by atoms with E-state index in [1.54, 1.807) is 0 Å². The van der Waals surface area contributed by atoms with E-state index in [-0.39, 0.29) is 51.5 Å². The van der Waals surface area contributed by atoms with Crippen molar-refractivity contribution in [3.8, 4) is 0 Å². The summed E-state index contributed by atoms with van der Waals surface area (Å²) in [6.45, 7) is -0.166. The predicted molar refractivity (Wildman–Crippen MR) is 143 cm³/mol. The Morgan fingerprint density at radius 1 is 1.15 bits per heavy atom. The summed E-state index contributed by atoms with van der Waals surface area (Å²) in [5.41, 5.74) is -0.950. The maximum atomic E-state index is 14.0. The highest BCUT2D eigenvalue weighted by Crippen LogP contribution is 2.55. The smallest absolute Gasteiger partial charge is 0.416 e. The Bertz CT molecular complexity index is 1750. The number of fused-ring (bicyclic) bond motifs is 6. The van der Waals surface area contributed by atoms with Crippen LogP contribution in [0.4, 0.5) is 24.5 Å². The van der Waals surface area contributed by atoms with Crippen molar-refractivity contribution in [1.29, 1.82) is 0 Å². The van der Waals surface area contributed by atoms with Gasteiger partial charge in [0.15, 0.2) is 5.84 Å². The Hall–Kier alpha value is -3.59. The fraction of sp³-hybridized carbons (Fsp3) is 0.385. The van der Waals surface area contributed by atoms with Crippen LogP contribution >= 0.6 is 0 Å². The first-order chi connectivity index (χ1) is 19.1. The molecule has 2 aromatic carbocycles. The van der Waals surface area contributed by atoms with E-state index in [4.69, 9.17) is 0 Å². The van der Waals surface area contributed by atoms with E-state index in [1.807, 2.05) is 0 Å². The van der Waals surface area contributed by atoms with Gasteiger partial charge in [-0.3, -0.25) is 9.52 Å². The molecule has 3 N–H and O–H groups in total. The number of carbonyl (C=O) groups excluding carboxylic acids is 1. The molecule has 0 aromatic heterocycles. The van der Waals surface area contributed by atoms with Gasteiger partial charge in [0.2, 0.25) is 10.0 Å². The molecule has 1 amide bonds. The summed E-state index contributed by atoms with van der Waals surface area (Å²) in [6, 6.07) is 7.95. The van der Waals surface area contributed by atoms with Crippen LogP contribution in [0, 0.1) is 17.8 Å². The number of rotatable bonds is 5. The van der Waals surface area contributed by atoms with E-state index in [9.17, 15) is 39.9 Å². The van der Waals surface area contributed by atoms with Crippen LogP contribution in [0.2, 0.25) is 0 Å². The number of carbonyl (C=O) groups is 1. The van der Waals surface area contributed by atoms with E-state index in [1.165, 1.54) is 29.2 Å². The highest BCUT2D eigenvalue weighted by molar-refractivity contribution is 7.92. The van der Waals surface area contributed by atoms with E-state index < -0.39 is 55.5 Å². The van der Waals surface area contributed by atoms with Crippen LogP contribution in [0.5, 0.6) is 0 Å². The minimum absolute atomic E-state index is 0.0110. The lowest BCUT2D eigenvalue weighted by atomic mass is 9.77. The Balaban J connectivity index is 1.40. The topological polar surface area (TPSA) is 145 Å². The third kappa shape index (κ3) is 4.84. The summed E-state index contributed by atoms with van der Waals surface area (Å²) in [5.74, 6) is -1.87. The molecule has 2 saturated carbocycles. The maximum Gasteiger partial charge on any atom is 0.416 e. The van der Waals surface area contributed by atoms with Crippen LogP contribution in [-0.2, 0) is 37.6 Å². The van der Waals surface area contributed by atoms with E-state index >= 15 is 0 Å². The Morgan fingerprint density at radius 2 is 1.88 bits per heavy atom. The number of anilines is 2. The summed E-state index contributed by atoms with van der Waals surface area (Å²) in [7, 11) is -8.14. The molecule has 6 rings (SSSR count). The molecular formula is C26H25F3N4O6S2. The molecule has 0 spiro atoms. The van der Waals surface area contributed by atoms with E-state index in [0.29, 0.717) is 0 Å². The number of nitrogens with zero attached hydrogens (tertiary/aromatic N) is 2. The fourth-order valence-electron chi connectivity index (χ4n) is 6.64. The highest BCUT2D eigenvalue weighted by atomic mass is 32.2. The highest BCUT2D eigenvalue weighted by Gasteiger charge is 2.57. The van der Waals surface area contributed by atoms with Gasteiger partial charge in [-0.15, -0.1) is 4.40 Å². The van der Waals surface area contributed by atoms with Gasteiger partial charge in [-0.25, -0.2) is 8.42 Å². The molecule has 0 unspecified atom stereocenters. The summed E-state index contributed by atoms with van der Waals surface area (Å²) in [5, 5.41) is 14.2. The van der Waals surface area contributed by atoms with Gasteiger partial charge in [-0.1, -0.05) is 12.1 Å². The van der Waals surface area contributed by atoms with Crippen LogP contribution in [-0.4, -0.2) is 50.9 Å². The second kappa shape index (κ2) is 9.21. The molecule has 10 nitrogen and oxygen atoms in total. The van der Waals surface area contributed by atoms with Crippen LogP contribution in [0.15, 0.2) is 63.1 Å². The van der Waals surface area contributed by atoms with Crippen LogP contribution in [0.1, 0.15) is 30.4 Å². The number of benzene rings is 2. The van der Waals surface area contributed by atoms with Gasteiger partial charge >= 0.3 is 6.18 Å². The van der Waals surface area contributed by atoms with E-state index in [2.05, 4.69) is 14.4 Å². The molecule has 2 aliphatic heterocycles. The lowest BCUT2D eigenvalue weighted by molar-refractivity contribution is -0.137. The molecule has 0 saturated heterocycles. The van der Waals surface area contributed by atoms with Crippen molar-refractivity contribution in [2.24, 2.45) is 22.2 Å². The summed E-state index contributed by atoms with van der Waals surface area (Å²) >= 11 is 0. The van der Waals surface area contributed by atoms with Gasteiger partial charge in [0, 0.05) is 24.2 Å². The molecular weight excluding hydrogens is 585 g/mol. The second-order valence-corrected chi connectivity index (χ2v) is 14.2. The number of hydrogen-bond donors (Lipinski definition) is 3. The van der Waals surface area contributed by atoms with Crippen LogP contribution in [0.3, 0.4) is 0 Å². The average Bonchev–Trinajstić information content (AvgIpc) is 3.48. The molecule has 15 heteroatoms. The molecule has 4 atom stereocenters. The number of hydrogen-bond acceptors (Lipinski definition) is 7. The molecule has 41 heavy (non-hydrogen) atoms. The van der Waals surface area contributed by atoms with Crippen LogP contribution < -0.4 is 10.0 Å². The number of aliphatic hydroxyl groups excluding tert-OH is 1. The second-order valence-electron chi connectivity index (χ2n) is 10.9. The zero-order chi connectivity index (χ0) is 29.5. The number of sulfonamides is 2. The number of nitrogens with one attached hydrogen (secondary N) is 2. The molecule has 4 aliphatic rings. The largest absolute Gasteiger partial charge is 0.511 e. The number of halogens is 3. The lowest BCUT2D eigenvalue weighted by Crippen LogP contribution is -2.53. The molecule has 2 aromatic rings. The summed E-state index contributed by atoms with van der Waals surface area (Å²) < 4.78 is 95.7. The summed E-state index contributed by atoms with van der Waals surface area (Å²) in [6.07, 6.45) is -1.32. The number of aliphatic hydroxyl groups is 1. The standard InChI is InChI=1S/C26H25F3N4O6S2/c1-40(36,37)31-17-7-8-18-19(11-17)41(38,39)32-24(30-18)21-23(34)20-14-5-6-15(10-14)22(20)33(25(21)35)12-13-3-2-4-16(9-13)26(27,28)29/h2-4,7-9,11,14-15,20,22,31,34H,5-6,10,12H2,1H3,(H,30,32)/t14-,15+,20-,22+/m1/s1. The first kappa shape index (κ1) is 27.6. The maximum absolute atomic E-state index is 14.0. The third-order valence-corrected chi connectivity index (χ3v) is 10.1. The minimum Gasteiger partial charge on any atom is -0.511 e. The zero-order valence-corrected chi connectivity index (χ0v) is 23.1. The van der Waals surface area contributed by atoms with Crippen molar-refractivity contribution in [1.82, 2.24) is 4.90 Å². The molecule has 2 aliphatic carbocycles. The monoisotopic (exact) mass is 610 g/mol. The van der Waals surface area contributed by atoms with Gasteiger partial charge in [0.05, 0.1) is 17.5 Å². The van der Waals surface area contributed by atoms with Crippen molar-refractivity contribution in [2.45, 2.75) is 42.9 Å². The minimum atomic E-state index is -4.57. The molecule has 0 radical (unpaired) electrons. The average molecular weight is 611 g/mol. The van der Waals surface area contributed by atoms with E-state index in [0.717, 1.165) is 43.7 Å². The lowest BCUT2D eigenvalue weighted by Gasteiger charge is -2.44. The molecule has 2 heterocycles. The van der Waals surface area contributed by atoms with Gasteiger partial charge in [0.1, 0.15) is 16.2 Å². The van der Waals surface area contributed by atoms with Gasteiger partial charge in [-0.2, -0.15) is 21.6 Å². The SMILES string of the molecule is CS(=O)(=O)Nc1ccc2c(c1)S(=O)(=O)N=C(C1=C(O)[C@@H]3[C@@H]4CC[C@@H](C4)[C@@H]3N(Cc3cccc(C(F)(F)F)c3)C1=O)N2. The van der Waals surface area contributed by atoms with Gasteiger partial charge < -0.3 is 15.3 Å². The fourth-order valence-corrected chi connectivity index (χ4v) is 8.34. The number of amidine groups is 1. The zero-order valence-electron chi connectivity index (χ0n) is 21.5. The summed E-state index contributed by atoms with van der Waals surface area (Å²) in [4.78, 5) is 15.1. The van der Waals surface area contributed by atoms with Crippen molar-refractivity contribution in [3.05, 3.63) is 64.9 Å².